The van der Waals surface area contributed by atoms with Crippen molar-refractivity contribution in [3.63, 3.8) is 0 Å². The van der Waals surface area contributed by atoms with E-state index in [-0.39, 0.29) is 18.4 Å². The predicted octanol–water partition coefficient (Wildman–Crippen LogP) is 2.63. The van der Waals surface area contributed by atoms with Crippen molar-refractivity contribution in [1.82, 2.24) is 5.32 Å². The molecule has 0 heterocycles. The van der Waals surface area contributed by atoms with Gasteiger partial charge in [0, 0.05) is 5.69 Å². The molecule has 0 spiro atoms. The van der Waals surface area contributed by atoms with Crippen LogP contribution in [0.25, 0.3) is 0 Å². The highest BCUT2D eigenvalue weighted by Gasteiger charge is 2.24. The summed E-state index contributed by atoms with van der Waals surface area (Å²) in [6.07, 6.45) is 0. The third-order valence-electron chi connectivity index (χ3n) is 3.95. The number of anilines is 1. The molecule has 2 rings (SSSR count). The molecule has 2 amide bonds. The summed E-state index contributed by atoms with van der Waals surface area (Å²) in [6, 6.07) is 14.5. The number of benzene rings is 2. The predicted molar refractivity (Wildman–Crippen MR) is 105 cm³/mol. The second kappa shape index (κ2) is 10.1. The minimum atomic E-state index is -0.729. The van der Waals surface area contributed by atoms with E-state index in [0.29, 0.717) is 17.0 Å². The van der Waals surface area contributed by atoms with Gasteiger partial charge in [-0.15, -0.1) is 0 Å². The standard InChI is InChI=1S/C21H24N2O5/c1-14(2)19(23-18(24)13-28-17-7-5-4-6-8-17)20(25)22-16-11-9-15(10-12-16)21(26)27-3/h4-12,14,19H,13H2,1-3H3,(H,22,25)(H,23,24)/t19-/m0/s1. The number of methoxy groups -OCH3 is 1. The number of carbonyl (C=O) groups is 3. The summed E-state index contributed by atoms with van der Waals surface area (Å²) in [5, 5.41) is 5.44. The molecule has 0 saturated carbocycles. The van der Waals surface area contributed by atoms with Gasteiger partial charge in [-0.2, -0.15) is 0 Å². The van der Waals surface area contributed by atoms with Crippen LogP contribution in [0.15, 0.2) is 54.6 Å². The zero-order valence-corrected chi connectivity index (χ0v) is 16.1. The molecule has 0 aliphatic heterocycles. The van der Waals surface area contributed by atoms with E-state index < -0.39 is 17.9 Å². The first-order chi connectivity index (χ1) is 13.4. The van der Waals surface area contributed by atoms with Gasteiger partial charge in [-0.25, -0.2) is 4.79 Å². The molecule has 0 radical (unpaired) electrons. The van der Waals surface area contributed by atoms with E-state index >= 15 is 0 Å². The molecule has 7 heteroatoms. The molecule has 0 saturated heterocycles. The molecular formula is C21H24N2O5. The Morgan fingerprint density at radius 1 is 0.964 bits per heavy atom. The average Bonchev–Trinajstić information content (AvgIpc) is 2.70. The van der Waals surface area contributed by atoms with Gasteiger partial charge in [0.1, 0.15) is 11.8 Å². The molecule has 0 bridgehead atoms. The summed E-state index contributed by atoms with van der Waals surface area (Å²) >= 11 is 0. The Hall–Kier alpha value is -3.35. The molecule has 0 unspecified atom stereocenters. The SMILES string of the molecule is COC(=O)c1ccc(NC(=O)[C@@H](NC(=O)COc2ccccc2)C(C)C)cc1. The van der Waals surface area contributed by atoms with Crippen molar-refractivity contribution < 1.29 is 23.9 Å². The number of nitrogens with one attached hydrogen (secondary N) is 2. The zero-order chi connectivity index (χ0) is 20.5. The molecule has 0 aromatic heterocycles. The fraction of sp³-hybridized carbons (Fsp3) is 0.286. The molecule has 0 fully saturated rings. The highest BCUT2D eigenvalue weighted by Crippen LogP contribution is 2.13. The first kappa shape index (κ1) is 21.0. The van der Waals surface area contributed by atoms with Gasteiger partial charge in [0.15, 0.2) is 6.61 Å². The van der Waals surface area contributed by atoms with E-state index in [9.17, 15) is 14.4 Å². The normalized spacial score (nSPS) is 11.4. The minimum absolute atomic E-state index is 0.130. The van der Waals surface area contributed by atoms with Crippen LogP contribution in [0.1, 0.15) is 24.2 Å². The number of rotatable bonds is 8. The quantitative estimate of drug-likeness (QED) is 0.683. The molecule has 2 aromatic carbocycles. The first-order valence-corrected chi connectivity index (χ1v) is 8.87. The maximum atomic E-state index is 12.6. The molecular weight excluding hydrogens is 360 g/mol. The second-order valence-electron chi connectivity index (χ2n) is 6.45. The lowest BCUT2D eigenvalue weighted by atomic mass is 10.0. The number of ether oxygens (including phenoxy) is 2. The second-order valence-corrected chi connectivity index (χ2v) is 6.45. The van der Waals surface area contributed by atoms with Crippen molar-refractivity contribution in [3.8, 4) is 5.75 Å². The largest absolute Gasteiger partial charge is 0.484 e. The van der Waals surface area contributed by atoms with Gasteiger partial charge >= 0.3 is 5.97 Å². The molecule has 1 atom stereocenters. The van der Waals surface area contributed by atoms with Gasteiger partial charge in [0.25, 0.3) is 5.91 Å². The van der Waals surface area contributed by atoms with Crippen molar-refractivity contribution in [1.29, 1.82) is 0 Å². The van der Waals surface area contributed by atoms with Crippen molar-refractivity contribution >= 4 is 23.5 Å². The van der Waals surface area contributed by atoms with Crippen molar-refractivity contribution in [2.24, 2.45) is 5.92 Å². The maximum absolute atomic E-state index is 12.6. The van der Waals surface area contributed by atoms with Crippen LogP contribution in [-0.2, 0) is 14.3 Å². The van der Waals surface area contributed by atoms with E-state index in [1.165, 1.54) is 7.11 Å². The highest BCUT2D eigenvalue weighted by molar-refractivity contribution is 5.98. The van der Waals surface area contributed by atoms with Crippen molar-refractivity contribution in [2.75, 3.05) is 19.0 Å². The Bertz CT molecular complexity index is 803. The number of hydrogen-bond acceptors (Lipinski definition) is 5. The Labute approximate surface area is 164 Å². The van der Waals surface area contributed by atoms with Crippen LogP contribution in [-0.4, -0.2) is 37.5 Å². The third kappa shape index (κ3) is 6.12. The van der Waals surface area contributed by atoms with Gasteiger partial charge < -0.3 is 20.1 Å². The Balaban J connectivity index is 1.93. The minimum Gasteiger partial charge on any atom is -0.484 e. The van der Waals surface area contributed by atoms with Crippen LogP contribution in [0, 0.1) is 5.92 Å². The number of para-hydroxylation sites is 1. The molecule has 0 aliphatic rings. The van der Waals surface area contributed by atoms with Gasteiger partial charge in [0.2, 0.25) is 5.91 Å². The zero-order valence-electron chi connectivity index (χ0n) is 16.1. The fourth-order valence-electron chi connectivity index (χ4n) is 2.44. The topological polar surface area (TPSA) is 93.7 Å². The molecule has 28 heavy (non-hydrogen) atoms. The first-order valence-electron chi connectivity index (χ1n) is 8.87. The van der Waals surface area contributed by atoms with E-state index in [1.54, 1.807) is 36.4 Å². The van der Waals surface area contributed by atoms with Crippen molar-refractivity contribution in [2.45, 2.75) is 19.9 Å². The Morgan fingerprint density at radius 3 is 2.18 bits per heavy atom. The van der Waals surface area contributed by atoms with Gasteiger partial charge in [-0.05, 0) is 42.3 Å². The van der Waals surface area contributed by atoms with Crippen LogP contribution in [0.4, 0.5) is 5.69 Å². The lowest BCUT2D eigenvalue weighted by Crippen LogP contribution is -2.48. The summed E-state index contributed by atoms with van der Waals surface area (Å²) < 4.78 is 10.0. The van der Waals surface area contributed by atoms with E-state index in [2.05, 4.69) is 15.4 Å². The third-order valence-corrected chi connectivity index (χ3v) is 3.95. The van der Waals surface area contributed by atoms with Crippen LogP contribution in [0.2, 0.25) is 0 Å². The summed E-state index contributed by atoms with van der Waals surface area (Å²) in [5.41, 5.74) is 0.894. The fourth-order valence-corrected chi connectivity index (χ4v) is 2.44. The maximum Gasteiger partial charge on any atom is 0.337 e. The van der Waals surface area contributed by atoms with Gasteiger partial charge in [0.05, 0.1) is 12.7 Å². The average molecular weight is 384 g/mol. The van der Waals surface area contributed by atoms with Gasteiger partial charge in [-0.1, -0.05) is 32.0 Å². The van der Waals surface area contributed by atoms with E-state index in [1.807, 2.05) is 32.0 Å². The number of hydrogen-bond donors (Lipinski definition) is 2. The number of carbonyl (C=O) groups excluding carboxylic acids is 3. The van der Waals surface area contributed by atoms with Crippen LogP contribution in [0.3, 0.4) is 0 Å². The van der Waals surface area contributed by atoms with E-state index in [4.69, 9.17) is 4.74 Å². The Morgan fingerprint density at radius 2 is 1.61 bits per heavy atom. The van der Waals surface area contributed by atoms with Crippen LogP contribution >= 0.6 is 0 Å². The Kier molecular flexibility index (Phi) is 7.56. The van der Waals surface area contributed by atoms with Crippen molar-refractivity contribution in [3.05, 3.63) is 60.2 Å². The number of amides is 2. The summed E-state index contributed by atoms with van der Waals surface area (Å²) in [7, 11) is 1.30. The lowest BCUT2D eigenvalue weighted by Gasteiger charge is -2.22. The van der Waals surface area contributed by atoms with Crippen LogP contribution in [0.5, 0.6) is 5.75 Å². The highest BCUT2D eigenvalue weighted by atomic mass is 16.5. The summed E-state index contributed by atoms with van der Waals surface area (Å²) in [6.45, 7) is 3.49. The van der Waals surface area contributed by atoms with E-state index in [0.717, 1.165) is 0 Å². The summed E-state index contributed by atoms with van der Waals surface area (Å²) in [4.78, 5) is 36.2. The molecule has 7 nitrogen and oxygen atoms in total. The molecule has 2 aromatic rings. The number of esters is 1. The smallest absolute Gasteiger partial charge is 0.337 e. The van der Waals surface area contributed by atoms with Crippen LogP contribution < -0.4 is 15.4 Å². The molecule has 0 aliphatic carbocycles. The molecule has 148 valence electrons. The summed E-state index contributed by atoms with van der Waals surface area (Å²) in [5.74, 6) is -0.750. The van der Waals surface area contributed by atoms with Gasteiger partial charge in [-0.3, -0.25) is 9.59 Å². The molecule has 2 N–H and O–H groups in total. The lowest BCUT2D eigenvalue weighted by molar-refractivity contribution is -0.128. The monoisotopic (exact) mass is 384 g/mol.